The molecular formula is C17H14N4O2S. The van der Waals surface area contributed by atoms with Crippen LogP contribution in [0.2, 0.25) is 0 Å². The van der Waals surface area contributed by atoms with E-state index in [0.717, 1.165) is 15.5 Å². The highest BCUT2D eigenvalue weighted by Gasteiger charge is 2.14. The molecule has 0 saturated carbocycles. The van der Waals surface area contributed by atoms with Gasteiger partial charge < -0.3 is 9.47 Å². The van der Waals surface area contributed by atoms with Gasteiger partial charge in [-0.2, -0.15) is 9.61 Å². The number of hydrogen-bond donors (Lipinski definition) is 0. The van der Waals surface area contributed by atoms with E-state index in [0.29, 0.717) is 17.3 Å². The van der Waals surface area contributed by atoms with Crippen LogP contribution in [0.3, 0.4) is 0 Å². The van der Waals surface area contributed by atoms with Gasteiger partial charge in [0.05, 0.1) is 7.11 Å². The van der Waals surface area contributed by atoms with E-state index in [2.05, 4.69) is 15.3 Å². The van der Waals surface area contributed by atoms with Gasteiger partial charge in [-0.25, -0.2) is 0 Å². The number of nitrogens with zero attached hydrogens (tertiary/aromatic N) is 4. The Labute approximate surface area is 142 Å². The normalized spacial score (nSPS) is 10.9. The molecule has 0 fully saturated rings. The second-order valence-corrected chi connectivity index (χ2v) is 5.98. The van der Waals surface area contributed by atoms with Crippen molar-refractivity contribution in [2.45, 2.75) is 6.61 Å². The van der Waals surface area contributed by atoms with Crippen molar-refractivity contribution >= 4 is 16.3 Å². The fraction of sp³-hybridized carbons (Fsp3) is 0.118. The summed E-state index contributed by atoms with van der Waals surface area (Å²) in [6.45, 7) is 0.263. The maximum Gasteiger partial charge on any atom is 0.235 e. The Kier molecular flexibility index (Phi) is 3.84. The Balaban J connectivity index is 1.60. The molecule has 0 saturated heterocycles. The summed E-state index contributed by atoms with van der Waals surface area (Å²) in [6.07, 6.45) is 0. The van der Waals surface area contributed by atoms with E-state index in [1.807, 2.05) is 54.6 Å². The third kappa shape index (κ3) is 2.69. The summed E-state index contributed by atoms with van der Waals surface area (Å²) >= 11 is 1.50. The number of methoxy groups -OCH3 is 1. The molecule has 0 radical (unpaired) electrons. The van der Waals surface area contributed by atoms with E-state index in [4.69, 9.17) is 9.47 Å². The van der Waals surface area contributed by atoms with Gasteiger partial charge in [0, 0.05) is 5.56 Å². The van der Waals surface area contributed by atoms with Gasteiger partial charge in [-0.3, -0.25) is 0 Å². The molecule has 2 aromatic heterocycles. The molecule has 0 amide bonds. The lowest BCUT2D eigenvalue weighted by atomic mass is 10.2. The SMILES string of the molecule is COc1ccccc1OCc1nnc2sc(-c3ccccc3)nn12. The van der Waals surface area contributed by atoms with Crippen LogP contribution in [0.25, 0.3) is 15.5 Å². The van der Waals surface area contributed by atoms with E-state index >= 15 is 0 Å². The molecule has 0 bridgehead atoms. The standard InChI is InChI=1S/C17H14N4O2S/c1-22-13-9-5-6-10-14(13)23-11-15-18-19-17-21(15)20-16(24-17)12-7-3-2-4-8-12/h2-10H,11H2,1H3. The molecule has 0 aliphatic carbocycles. The van der Waals surface area contributed by atoms with Crippen molar-refractivity contribution in [2.24, 2.45) is 0 Å². The molecule has 2 heterocycles. The molecule has 0 aliphatic rings. The summed E-state index contributed by atoms with van der Waals surface area (Å²) in [4.78, 5) is 0.743. The number of benzene rings is 2. The lowest BCUT2D eigenvalue weighted by Gasteiger charge is -2.08. The molecule has 4 rings (SSSR count). The fourth-order valence-corrected chi connectivity index (χ4v) is 3.19. The molecule has 0 N–H and O–H groups in total. The average molecular weight is 338 g/mol. The minimum absolute atomic E-state index is 0.263. The van der Waals surface area contributed by atoms with Crippen LogP contribution in [0, 0.1) is 0 Å². The van der Waals surface area contributed by atoms with E-state index in [1.54, 1.807) is 11.6 Å². The largest absolute Gasteiger partial charge is 0.493 e. The fourth-order valence-electron chi connectivity index (χ4n) is 2.33. The van der Waals surface area contributed by atoms with Crippen LogP contribution in [-0.4, -0.2) is 26.9 Å². The Morgan fingerprint density at radius 2 is 1.71 bits per heavy atom. The van der Waals surface area contributed by atoms with Crippen molar-refractivity contribution < 1.29 is 9.47 Å². The highest BCUT2D eigenvalue weighted by molar-refractivity contribution is 7.19. The minimum Gasteiger partial charge on any atom is -0.493 e. The number of para-hydroxylation sites is 2. The zero-order valence-corrected chi connectivity index (χ0v) is 13.7. The molecule has 0 atom stereocenters. The number of hydrogen-bond acceptors (Lipinski definition) is 6. The molecule has 24 heavy (non-hydrogen) atoms. The second-order valence-electron chi connectivity index (χ2n) is 5.02. The predicted octanol–water partition coefficient (Wildman–Crippen LogP) is 3.44. The Morgan fingerprint density at radius 3 is 2.50 bits per heavy atom. The Bertz CT molecular complexity index is 965. The molecular weight excluding hydrogens is 324 g/mol. The number of aromatic nitrogens is 4. The predicted molar refractivity (Wildman–Crippen MR) is 91.4 cm³/mol. The van der Waals surface area contributed by atoms with Crippen LogP contribution in [0.15, 0.2) is 54.6 Å². The quantitative estimate of drug-likeness (QED) is 0.558. The van der Waals surface area contributed by atoms with Gasteiger partial charge in [-0.15, -0.1) is 10.2 Å². The second kappa shape index (κ2) is 6.29. The van der Waals surface area contributed by atoms with Crippen molar-refractivity contribution in [3.63, 3.8) is 0 Å². The molecule has 6 nitrogen and oxygen atoms in total. The molecule has 0 unspecified atom stereocenters. The third-order valence-electron chi connectivity index (χ3n) is 3.50. The van der Waals surface area contributed by atoms with Crippen LogP contribution < -0.4 is 9.47 Å². The molecule has 0 spiro atoms. The van der Waals surface area contributed by atoms with Crippen molar-refractivity contribution in [1.82, 2.24) is 19.8 Å². The zero-order valence-electron chi connectivity index (χ0n) is 12.9. The average Bonchev–Trinajstić information content (AvgIpc) is 3.22. The molecule has 4 aromatic rings. The summed E-state index contributed by atoms with van der Waals surface area (Å²) in [5.74, 6) is 1.99. The van der Waals surface area contributed by atoms with Crippen LogP contribution >= 0.6 is 11.3 Å². The summed E-state index contributed by atoms with van der Waals surface area (Å²) in [7, 11) is 1.62. The summed E-state index contributed by atoms with van der Waals surface area (Å²) < 4.78 is 12.8. The van der Waals surface area contributed by atoms with E-state index in [9.17, 15) is 0 Å². The number of fused-ring (bicyclic) bond motifs is 1. The van der Waals surface area contributed by atoms with Gasteiger partial charge in [-0.05, 0) is 12.1 Å². The highest BCUT2D eigenvalue weighted by Crippen LogP contribution is 2.28. The first-order chi connectivity index (χ1) is 11.8. The van der Waals surface area contributed by atoms with Crippen LogP contribution in [0.4, 0.5) is 0 Å². The van der Waals surface area contributed by atoms with Crippen LogP contribution in [0.1, 0.15) is 5.82 Å². The summed E-state index contributed by atoms with van der Waals surface area (Å²) in [5.41, 5.74) is 1.06. The van der Waals surface area contributed by atoms with Gasteiger partial charge in [-0.1, -0.05) is 53.8 Å². The minimum atomic E-state index is 0.263. The maximum absolute atomic E-state index is 5.81. The van der Waals surface area contributed by atoms with Crippen molar-refractivity contribution in [1.29, 1.82) is 0 Å². The lowest BCUT2D eigenvalue weighted by molar-refractivity contribution is 0.274. The number of rotatable bonds is 5. The molecule has 120 valence electrons. The zero-order chi connectivity index (χ0) is 16.4. The van der Waals surface area contributed by atoms with Crippen molar-refractivity contribution in [3.05, 3.63) is 60.4 Å². The van der Waals surface area contributed by atoms with E-state index in [-0.39, 0.29) is 6.61 Å². The van der Waals surface area contributed by atoms with Gasteiger partial charge in [0.15, 0.2) is 23.9 Å². The Hall–Kier alpha value is -2.93. The first-order valence-electron chi connectivity index (χ1n) is 7.37. The van der Waals surface area contributed by atoms with Gasteiger partial charge >= 0.3 is 0 Å². The van der Waals surface area contributed by atoms with E-state index in [1.165, 1.54) is 11.3 Å². The number of ether oxygens (including phenoxy) is 2. The lowest BCUT2D eigenvalue weighted by Crippen LogP contribution is -2.03. The molecule has 7 heteroatoms. The summed E-state index contributed by atoms with van der Waals surface area (Å²) in [6, 6.07) is 17.5. The third-order valence-corrected chi connectivity index (χ3v) is 4.45. The maximum atomic E-state index is 5.81. The Morgan fingerprint density at radius 1 is 0.958 bits per heavy atom. The molecule has 2 aromatic carbocycles. The van der Waals surface area contributed by atoms with Gasteiger partial charge in [0.2, 0.25) is 4.96 Å². The first-order valence-corrected chi connectivity index (χ1v) is 8.19. The first kappa shape index (κ1) is 14.6. The summed E-state index contributed by atoms with van der Waals surface area (Å²) in [5, 5.41) is 13.8. The highest BCUT2D eigenvalue weighted by atomic mass is 32.1. The van der Waals surface area contributed by atoms with Crippen LogP contribution in [0.5, 0.6) is 11.5 Å². The molecule has 0 aliphatic heterocycles. The van der Waals surface area contributed by atoms with E-state index < -0.39 is 0 Å². The van der Waals surface area contributed by atoms with Gasteiger partial charge in [0.1, 0.15) is 5.01 Å². The monoisotopic (exact) mass is 338 g/mol. The van der Waals surface area contributed by atoms with Gasteiger partial charge in [0.25, 0.3) is 0 Å². The van der Waals surface area contributed by atoms with Crippen LogP contribution in [-0.2, 0) is 6.61 Å². The topological polar surface area (TPSA) is 61.5 Å². The van der Waals surface area contributed by atoms with Crippen molar-refractivity contribution in [2.75, 3.05) is 7.11 Å². The smallest absolute Gasteiger partial charge is 0.235 e. The van der Waals surface area contributed by atoms with Crippen molar-refractivity contribution in [3.8, 4) is 22.1 Å².